The molecule has 2 saturated heterocycles. The Morgan fingerprint density at radius 2 is 1.75 bits per heavy atom. The molecule has 0 aromatic carbocycles. The van der Waals surface area contributed by atoms with E-state index >= 15 is 0 Å². The number of aliphatic hydroxyl groups is 3. The molecule has 32 heavy (non-hydrogen) atoms. The average Bonchev–Trinajstić information content (AvgIpc) is 3.25. The maximum absolute atomic E-state index is 13.9. The normalized spacial score (nSPS) is 50.5. The summed E-state index contributed by atoms with van der Waals surface area (Å²) in [6, 6.07) is 0. The number of hydrogen-bond acceptors (Lipinski definition) is 6. The van der Waals surface area contributed by atoms with Crippen molar-refractivity contribution in [3.8, 4) is 0 Å². The first-order valence-electron chi connectivity index (χ1n) is 11.9. The van der Waals surface area contributed by atoms with Crippen LogP contribution in [0.2, 0.25) is 0 Å². The van der Waals surface area contributed by atoms with Crippen LogP contribution in [0.5, 0.6) is 0 Å². The molecule has 4 fully saturated rings. The van der Waals surface area contributed by atoms with Gasteiger partial charge in [0.05, 0.1) is 23.7 Å². The molecular weight excluding hydrogens is 410 g/mol. The minimum atomic E-state index is -2.16. The fraction of sp³-hybridized carbons (Fsp3) is 0.840. The van der Waals surface area contributed by atoms with E-state index < -0.39 is 57.5 Å². The van der Waals surface area contributed by atoms with Crippen molar-refractivity contribution in [2.45, 2.75) is 95.7 Å². The Kier molecular flexibility index (Phi) is 5.30. The van der Waals surface area contributed by atoms with Crippen LogP contribution >= 0.6 is 0 Å². The number of rotatable bonds is 2. The fourth-order valence-corrected chi connectivity index (χ4v) is 7.80. The van der Waals surface area contributed by atoms with Crippen molar-refractivity contribution < 1.29 is 29.6 Å². The molecule has 3 N–H and O–H groups in total. The summed E-state index contributed by atoms with van der Waals surface area (Å²) < 4.78 is 6.35. The van der Waals surface area contributed by atoms with Gasteiger partial charge in [0.15, 0.2) is 11.4 Å². The van der Waals surface area contributed by atoms with Gasteiger partial charge in [0.1, 0.15) is 5.60 Å². The summed E-state index contributed by atoms with van der Waals surface area (Å²) in [6.07, 6.45) is 1.78. The van der Waals surface area contributed by atoms with Crippen LogP contribution in [-0.2, 0) is 14.3 Å². The molecule has 0 aromatic rings. The Morgan fingerprint density at radius 1 is 1.16 bits per heavy atom. The van der Waals surface area contributed by atoms with Crippen molar-refractivity contribution in [2.24, 2.45) is 22.7 Å². The Bertz CT molecular complexity index is 836. The molecule has 7 heteroatoms. The van der Waals surface area contributed by atoms with E-state index in [1.807, 2.05) is 13.8 Å². The quantitative estimate of drug-likeness (QED) is 0.555. The number of ketones is 1. The summed E-state index contributed by atoms with van der Waals surface area (Å²) in [6.45, 7) is 14.0. The topological polar surface area (TPSA) is 107 Å². The first kappa shape index (κ1) is 23.9. The third-order valence-electron chi connectivity index (χ3n) is 9.50. The molecule has 2 aliphatic heterocycles. The van der Waals surface area contributed by atoms with Gasteiger partial charge in [-0.1, -0.05) is 26.8 Å². The molecule has 2 saturated carbocycles. The van der Waals surface area contributed by atoms with Crippen molar-refractivity contribution in [3.63, 3.8) is 0 Å². The first-order valence-corrected chi connectivity index (χ1v) is 11.9. The molecule has 4 rings (SSSR count). The lowest BCUT2D eigenvalue weighted by Crippen LogP contribution is -2.86. The zero-order chi connectivity index (χ0) is 23.9. The van der Waals surface area contributed by atoms with Gasteiger partial charge in [-0.3, -0.25) is 9.59 Å². The van der Waals surface area contributed by atoms with Crippen LogP contribution in [0.15, 0.2) is 12.7 Å². The van der Waals surface area contributed by atoms with E-state index in [1.165, 1.54) is 13.0 Å². The zero-order valence-electron chi connectivity index (χ0n) is 20.1. The van der Waals surface area contributed by atoms with E-state index in [0.29, 0.717) is 25.9 Å². The van der Waals surface area contributed by atoms with Gasteiger partial charge in [-0.2, -0.15) is 0 Å². The van der Waals surface area contributed by atoms with Crippen LogP contribution < -0.4 is 0 Å². The number of carbonyl (C=O) groups is 2. The molecule has 1 amide bonds. The van der Waals surface area contributed by atoms with Crippen molar-refractivity contribution in [1.82, 2.24) is 4.90 Å². The Hall–Kier alpha value is -1.28. The molecule has 7 nitrogen and oxygen atoms in total. The van der Waals surface area contributed by atoms with Crippen molar-refractivity contribution >= 4 is 11.7 Å². The Balaban J connectivity index is 1.97. The number of nitrogens with zero attached hydrogens (tertiary/aromatic N) is 1. The summed E-state index contributed by atoms with van der Waals surface area (Å²) in [4.78, 5) is 29.4. The Morgan fingerprint density at radius 3 is 2.31 bits per heavy atom. The van der Waals surface area contributed by atoms with Crippen LogP contribution in [0.25, 0.3) is 0 Å². The second-order valence-corrected chi connectivity index (χ2v) is 11.8. The van der Waals surface area contributed by atoms with Crippen molar-refractivity contribution in [2.75, 3.05) is 13.1 Å². The van der Waals surface area contributed by atoms with Gasteiger partial charge in [0.2, 0.25) is 5.91 Å². The van der Waals surface area contributed by atoms with E-state index in [-0.39, 0.29) is 12.3 Å². The van der Waals surface area contributed by atoms with Crippen LogP contribution in [-0.4, -0.2) is 74.0 Å². The number of ether oxygens (including phenoxy) is 1. The summed E-state index contributed by atoms with van der Waals surface area (Å²) in [7, 11) is 0. The van der Waals surface area contributed by atoms with Crippen LogP contribution in [0.1, 0.15) is 66.7 Å². The molecule has 180 valence electrons. The standard InChI is InChI=1S/C25H39NO6/c1-7-22(4)14-16(28)25(31)23(5)15(27)10-11-21(2,3)18(23)17(19(29)24(25,6)32-22)20(30)26-12-8-9-13-26/h7,15,17-19,27,29,31H,1,8-14H2,2-6H3/t15-,17-,18-,19-,22-,23-,24+,25-/m0/s1. The lowest BCUT2D eigenvalue weighted by atomic mass is 9.38. The predicted octanol–water partition coefficient (Wildman–Crippen LogP) is 1.83. The van der Waals surface area contributed by atoms with E-state index in [2.05, 4.69) is 6.58 Å². The third-order valence-corrected chi connectivity index (χ3v) is 9.50. The minimum Gasteiger partial charge on any atom is -0.392 e. The third kappa shape index (κ3) is 2.74. The maximum atomic E-state index is 13.9. The number of amides is 1. The number of likely N-dealkylation sites (tertiary alicyclic amines) is 1. The molecule has 0 aromatic heterocycles. The van der Waals surface area contributed by atoms with Gasteiger partial charge < -0.3 is 25.0 Å². The average molecular weight is 450 g/mol. The Labute approximate surface area is 190 Å². The highest BCUT2D eigenvalue weighted by atomic mass is 16.6. The molecule has 0 radical (unpaired) electrons. The van der Waals surface area contributed by atoms with E-state index in [4.69, 9.17) is 4.74 Å². The molecule has 0 unspecified atom stereocenters. The number of Topliss-reactive ketones (excluding diaryl/α,β-unsaturated/α-hetero) is 1. The number of hydrogen-bond donors (Lipinski definition) is 3. The summed E-state index contributed by atoms with van der Waals surface area (Å²) in [5.74, 6) is -2.18. The molecule has 4 aliphatic rings. The van der Waals surface area contributed by atoms with E-state index in [0.717, 1.165) is 12.8 Å². The van der Waals surface area contributed by atoms with Gasteiger partial charge in [-0.25, -0.2) is 0 Å². The lowest BCUT2D eigenvalue weighted by Gasteiger charge is -2.71. The summed E-state index contributed by atoms with van der Waals surface area (Å²) in [5.41, 5.74) is -6.91. The van der Waals surface area contributed by atoms with Crippen LogP contribution in [0, 0.1) is 22.7 Å². The van der Waals surface area contributed by atoms with Crippen molar-refractivity contribution in [1.29, 1.82) is 0 Å². The smallest absolute Gasteiger partial charge is 0.228 e. The van der Waals surface area contributed by atoms with E-state index in [1.54, 1.807) is 18.7 Å². The monoisotopic (exact) mass is 449 g/mol. The van der Waals surface area contributed by atoms with Gasteiger partial charge >= 0.3 is 0 Å². The second-order valence-electron chi connectivity index (χ2n) is 11.8. The molecule has 2 aliphatic carbocycles. The SMILES string of the molecule is C=C[C@@]1(C)CC(=O)[C@]2(O)[C@@]3(C)[C@@H](O)CCC(C)(C)[C@@H]3[C@H](C(=O)N3CCCC3)[C@H](O)[C@@]2(C)O1. The molecule has 0 bridgehead atoms. The summed E-state index contributed by atoms with van der Waals surface area (Å²) >= 11 is 0. The molecule has 0 spiro atoms. The highest BCUT2D eigenvalue weighted by Gasteiger charge is 2.81. The molecule has 8 atom stereocenters. The number of fused-ring (bicyclic) bond motifs is 3. The minimum absolute atomic E-state index is 0.116. The number of aliphatic hydroxyl groups excluding tert-OH is 2. The van der Waals surface area contributed by atoms with Crippen LogP contribution in [0.4, 0.5) is 0 Å². The number of carbonyl (C=O) groups excluding carboxylic acids is 2. The largest absolute Gasteiger partial charge is 0.392 e. The maximum Gasteiger partial charge on any atom is 0.228 e. The van der Waals surface area contributed by atoms with Crippen molar-refractivity contribution in [3.05, 3.63) is 12.7 Å². The fourth-order valence-electron chi connectivity index (χ4n) is 7.80. The first-order chi connectivity index (χ1) is 14.7. The highest BCUT2D eigenvalue weighted by molar-refractivity contribution is 5.93. The molecule has 2 heterocycles. The zero-order valence-corrected chi connectivity index (χ0v) is 20.1. The lowest BCUT2D eigenvalue weighted by molar-refractivity contribution is -0.360. The summed E-state index contributed by atoms with van der Waals surface area (Å²) in [5, 5.41) is 35.5. The predicted molar refractivity (Wildman–Crippen MR) is 119 cm³/mol. The van der Waals surface area contributed by atoms with Gasteiger partial charge in [-0.05, 0) is 50.9 Å². The van der Waals surface area contributed by atoms with Gasteiger partial charge in [0, 0.05) is 24.9 Å². The second kappa shape index (κ2) is 7.11. The molecular formula is C25H39NO6. The van der Waals surface area contributed by atoms with E-state index in [9.17, 15) is 24.9 Å². The van der Waals surface area contributed by atoms with Gasteiger partial charge in [0.25, 0.3) is 0 Å². The highest BCUT2D eigenvalue weighted by Crippen LogP contribution is 2.68. The van der Waals surface area contributed by atoms with Crippen LogP contribution in [0.3, 0.4) is 0 Å². The van der Waals surface area contributed by atoms with Gasteiger partial charge in [-0.15, -0.1) is 6.58 Å².